The van der Waals surface area contributed by atoms with Crippen molar-refractivity contribution in [3.05, 3.63) is 22.4 Å². The van der Waals surface area contributed by atoms with Gasteiger partial charge in [0.2, 0.25) is 0 Å². The lowest BCUT2D eigenvalue weighted by Gasteiger charge is -2.33. The predicted octanol–water partition coefficient (Wildman–Crippen LogP) is 1.68. The molecule has 3 rings (SSSR count). The smallest absolute Gasteiger partial charge is 0.255 e. The maximum absolute atomic E-state index is 12.6. The highest BCUT2D eigenvalue weighted by atomic mass is 32.1. The van der Waals surface area contributed by atoms with Crippen LogP contribution in [0.15, 0.2) is 16.8 Å². The first kappa shape index (κ1) is 13.1. The summed E-state index contributed by atoms with van der Waals surface area (Å²) >= 11 is 1.57. The average Bonchev–Trinajstić information content (AvgIpc) is 3.05. The Morgan fingerprint density at radius 1 is 1.53 bits per heavy atom. The topological polar surface area (TPSA) is 32.8 Å². The van der Waals surface area contributed by atoms with Crippen LogP contribution in [0.1, 0.15) is 23.2 Å². The minimum atomic E-state index is 0.158. The van der Waals surface area contributed by atoms with Gasteiger partial charge in [0.25, 0.3) is 5.91 Å². The Labute approximate surface area is 118 Å². The van der Waals surface area contributed by atoms with Crippen molar-refractivity contribution in [3.63, 3.8) is 0 Å². The Morgan fingerprint density at radius 2 is 2.37 bits per heavy atom. The lowest BCUT2D eigenvalue weighted by atomic mass is 10.0. The summed E-state index contributed by atoms with van der Waals surface area (Å²) < 4.78 is 5.94. The summed E-state index contributed by atoms with van der Waals surface area (Å²) in [7, 11) is 4.14. The molecule has 1 aromatic rings. The van der Waals surface area contributed by atoms with Crippen molar-refractivity contribution < 1.29 is 9.53 Å². The van der Waals surface area contributed by atoms with Crippen molar-refractivity contribution in [2.75, 3.05) is 27.2 Å². The Kier molecular flexibility index (Phi) is 3.60. The molecule has 0 spiro atoms. The van der Waals surface area contributed by atoms with Gasteiger partial charge >= 0.3 is 0 Å². The van der Waals surface area contributed by atoms with Crippen LogP contribution in [-0.2, 0) is 4.74 Å². The van der Waals surface area contributed by atoms with Gasteiger partial charge in [-0.15, -0.1) is 0 Å². The molecule has 2 saturated heterocycles. The van der Waals surface area contributed by atoms with E-state index in [1.807, 2.05) is 21.7 Å². The lowest BCUT2D eigenvalue weighted by molar-refractivity contribution is -0.0312. The third-order valence-corrected chi connectivity index (χ3v) is 4.87. The summed E-state index contributed by atoms with van der Waals surface area (Å²) in [4.78, 5) is 16.8. The summed E-state index contributed by atoms with van der Waals surface area (Å²) in [5.41, 5.74) is 0.814. The average molecular weight is 280 g/mol. The standard InChI is InChI=1S/C14H20N2O2S/c1-15(2)12-8-16(11-4-3-6-18-13(11)12)14(17)10-5-7-19-9-10/h5,7,9,11-13H,3-4,6,8H2,1-2H3/t11-,12-,13+/m1/s1. The molecule has 2 fully saturated rings. The van der Waals surface area contributed by atoms with Crippen LogP contribution in [0.2, 0.25) is 0 Å². The summed E-state index contributed by atoms with van der Waals surface area (Å²) in [6.07, 6.45) is 2.28. The Morgan fingerprint density at radius 3 is 3.05 bits per heavy atom. The molecule has 2 aliphatic heterocycles. The van der Waals surface area contributed by atoms with E-state index in [9.17, 15) is 4.79 Å². The number of ether oxygens (including phenoxy) is 1. The van der Waals surface area contributed by atoms with Crippen molar-refractivity contribution in [1.29, 1.82) is 0 Å². The molecule has 3 atom stereocenters. The number of hydrogen-bond donors (Lipinski definition) is 0. The van der Waals surface area contributed by atoms with Gasteiger partial charge in [-0.2, -0.15) is 11.3 Å². The molecule has 1 aromatic heterocycles. The summed E-state index contributed by atoms with van der Waals surface area (Å²) in [6.45, 7) is 1.60. The molecular formula is C14H20N2O2S. The number of likely N-dealkylation sites (N-methyl/N-ethyl adjacent to an activating group) is 1. The highest BCUT2D eigenvalue weighted by molar-refractivity contribution is 7.08. The molecule has 2 aliphatic rings. The van der Waals surface area contributed by atoms with Crippen molar-refractivity contribution in [1.82, 2.24) is 9.80 Å². The summed E-state index contributed by atoms with van der Waals surface area (Å²) in [5.74, 6) is 0.158. The number of rotatable bonds is 2. The molecule has 0 radical (unpaired) electrons. The molecule has 0 unspecified atom stereocenters. The van der Waals surface area contributed by atoms with Gasteiger partial charge in [0.05, 0.1) is 23.8 Å². The zero-order chi connectivity index (χ0) is 13.4. The first-order valence-electron chi connectivity index (χ1n) is 6.79. The fourth-order valence-electron chi connectivity index (χ4n) is 3.17. The highest BCUT2D eigenvalue weighted by Gasteiger charge is 2.46. The molecule has 0 aromatic carbocycles. The van der Waals surface area contributed by atoms with E-state index < -0.39 is 0 Å². The zero-order valence-electron chi connectivity index (χ0n) is 11.4. The van der Waals surface area contributed by atoms with Gasteiger partial charge in [-0.1, -0.05) is 0 Å². The molecule has 0 bridgehead atoms. The molecular weight excluding hydrogens is 260 g/mol. The van der Waals surface area contributed by atoms with Gasteiger partial charge in [-0.25, -0.2) is 0 Å². The van der Waals surface area contributed by atoms with Gasteiger partial charge in [0.1, 0.15) is 0 Å². The van der Waals surface area contributed by atoms with Crippen molar-refractivity contribution in [2.24, 2.45) is 0 Å². The van der Waals surface area contributed by atoms with E-state index in [1.54, 1.807) is 11.3 Å². The second kappa shape index (κ2) is 5.23. The predicted molar refractivity (Wildman–Crippen MR) is 75.6 cm³/mol. The number of nitrogens with zero attached hydrogens (tertiary/aromatic N) is 2. The number of carbonyl (C=O) groups excluding carboxylic acids is 1. The van der Waals surface area contributed by atoms with Gasteiger partial charge < -0.3 is 14.5 Å². The molecule has 0 aliphatic carbocycles. The van der Waals surface area contributed by atoms with Crippen LogP contribution >= 0.6 is 11.3 Å². The van der Waals surface area contributed by atoms with Crippen molar-refractivity contribution in [3.8, 4) is 0 Å². The molecule has 0 saturated carbocycles. The lowest BCUT2D eigenvalue weighted by Crippen LogP contribution is -2.45. The van der Waals surface area contributed by atoms with Crippen LogP contribution in [0.25, 0.3) is 0 Å². The molecule has 19 heavy (non-hydrogen) atoms. The van der Waals surface area contributed by atoms with E-state index in [-0.39, 0.29) is 18.1 Å². The molecule has 4 nitrogen and oxygen atoms in total. The number of likely N-dealkylation sites (tertiary alicyclic amines) is 1. The van der Waals surface area contributed by atoms with Crippen molar-refractivity contribution >= 4 is 17.2 Å². The zero-order valence-corrected chi connectivity index (χ0v) is 12.2. The summed E-state index contributed by atoms with van der Waals surface area (Å²) in [6, 6.07) is 2.47. The summed E-state index contributed by atoms with van der Waals surface area (Å²) in [5, 5.41) is 3.89. The third-order valence-electron chi connectivity index (χ3n) is 4.19. The maximum Gasteiger partial charge on any atom is 0.255 e. The van der Waals surface area contributed by atoms with Crippen LogP contribution in [-0.4, -0.2) is 61.1 Å². The van der Waals surface area contributed by atoms with E-state index in [0.29, 0.717) is 6.04 Å². The largest absolute Gasteiger partial charge is 0.374 e. The van der Waals surface area contributed by atoms with Gasteiger partial charge in [0.15, 0.2) is 0 Å². The second-order valence-corrected chi connectivity index (χ2v) is 6.33. The molecule has 3 heterocycles. The van der Waals surface area contributed by atoms with Crippen LogP contribution in [0.3, 0.4) is 0 Å². The molecule has 104 valence electrons. The van der Waals surface area contributed by atoms with E-state index in [4.69, 9.17) is 4.74 Å². The molecule has 1 amide bonds. The Balaban J connectivity index is 1.83. The van der Waals surface area contributed by atoms with Crippen LogP contribution in [0.4, 0.5) is 0 Å². The number of amides is 1. The first-order valence-corrected chi connectivity index (χ1v) is 7.74. The van der Waals surface area contributed by atoms with Crippen LogP contribution in [0, 0.1) is 0 Å². The SMILES string of the molecule is CN(C)[C@@H]1CN(C(=O)c2ccsc2)[C@@H]2CCCO[C@H]12. The van der Waals surface area contributed by atoms with Crippen LogP contribution < -0.4 is 0 Å². The molecule has 5 heteroatoms. The normalized spacial score (nSPS) is 30.7. The third kappa shape index (κ3) is 2.30. The monoisotopic (exact) mass is 280 g/mol. The Hall–Kier alpha value is -0.910. The molecule has 0 N–H and O–H groups in total. The van der Waals surface area contributed by atoms with Gasteiger partial charge in [-0.3, -0.25) is 4.79 Å². The van der Waals surface area contributed by atoms with E-state index in [0.717, 1.165) is 31.6 Å². The minimum absolute atomic E-state index is 0.158. The maximum atomic E-state index is 12.6. The van der Waals surface area contributed by atoms with Crippen molar-refractivity contribution in [2.45, 2.75) is 31.0 Å². The Bertz CT molecular complexity index is 446. The number of fused-ring (bicyclic) bond motifs is 1. The van der Waals surface area contributed by atoms with Gasteiger partial charge in [-0.05, 0) is 38.4 Å². The van der Waals surface area contributed by atoms with E-state index in [2.05, 4.69) is 19.0 Å². The quantitative estimate of drug-likeness (QED) is 0.826. The second-order valence-electron chi connectivity index (χ2n) is 5.55. The van der Waals surface area contributed by atoms with E-state index in [1.165, 1.54) is 0 Å². The minimum Gasteiger partial charge on any atom is -0.374 e. The van der Waals surface area contributed by atoms with E-state index >= 15 is 0 Å². The van der Waals surface area contributed by atoms with Gasteiger partial charge in [0, 0.05) is 18.5 Å². The fourth-order valence-corrected chi connectivity index (χ4v) is 3.80. The number of thiophene rings is 1. The van der Waals surface area contributed by atoms with Crippen LogP contribution in [0.5, 0.6) is 0 Å². The first-order chi connectivity index (χ1) is 9.18. The fraction of sp³-hybridized carbons (Fsp3) is 0.643. The highest BCUT2D eigenvalue weighted by Crippen LogP contribution is 2.32. The number of hydrogen-bond acceptors (Lipinski definition) is 4. The number of carbonyl (C=O) groups is 1.